The molecular formula is C42H24N4OPt. The molecule has 0 saturated carbocycles. The number of fused-ring (bicyclic) bond motifs is 12. The van der Waals surface area contributed by atoms with E-state index in [1.807, 2.05) is 49.1 Å². The SMILES string of the molecule is [Pt+2].[c-]1c(Oc2[c-]c3c(cc2)c2cccc(-c4ccccc4)c2n2ccnc32)ccc2c1c1nccn1c1cc(-c3ccccc3)ccc21. The van der Waals surface area contributed by atoms with E-state index in [-0.39, 0.29) is 21.1 Å². The molecule has 4 heterocycles. The second kappa shape index (κ2) is 11.2. The van der Waals surface area contributed by atoms with Crippen molar-refractivity contribution in [1.29, 1.82) is 0 Å². The van der Waals surface area contributed by atoms with Crippen LogP contribution in [0, 0.1) is 12.1 Å². The standard InChI is InChI=1S/C42H24N4O.Pt/c1-3-8-27(9-4-1)29-14-17-35-33-18-15-30(25-37(33)41-43-20-22-45(41)39(35)24-29)47-31-16-19-34-36-13-7-12-32(28-10-5-2-6-11-28)40(36)46-23-21-44-42(46)38(34)26-31;/h1-24H;/q-2;+2. The van der Waals surface area contributed by atoms with Crippen LogP contribution in [0.25, 0.3) is 76.9 Å². The fourth-order valence-corrected chi connectivity index (χ4v) is 6.98. The Morgan fingerprint density at radius 2 is 1.10 bits per heavy atom. The van der Waals surface area contributed by atoms with Crippen molar-refractivity contribution in [3.05, 3.63) is 158 Å². The summed E-state index contributed by atoms with van der Waals surface area (Å²) in [6.45, 7) is 0. The van der Waals surface area contributed by atoms with Gasteiger partial charge in [-0.15, -0.1) is 12.1 Å². The first-order chi connectivity index (χ1) is 23.3. The van der Waals surface area contributed by atoms with Crippen LogP contribution in [0.15, 0.2) is 146 Å². The summed E-state index contributed by atoms with van der Waals surface area (Å²) in [5, 5.41) is 6.23. The number of benzene rings is 6. The summed E-state index contributed by atoms with van der Waals surface area (Å²) >= 11 is 0. The second-order valence-corrected chi connectivity index (χ2v) is 11.7. The van der Waals surface area contributed by atoms with Crippen LogP contribution >= 0.6 is 0 Å². The minimum absolute atomic E-state index is 0. The third-order valence-corrected chi connectivity index (χ3v) is 9.09. The van der Waals surface area contributed by atoms with Crippen LogP contribution < -0.4 is 4.74 Å². The van der Waals surface area contributed by atoms with Gasteiger partial charge >= 0.3 is 21.1 Å². The van der Waals surface area contributed by atoms with Crippen LogP contribution in [0.4, 0.5) is 0 Å². The number of hydrogen-bond acceptors (Lipinski definition) is 3. The van der Waals surface area contributed by atoms with Gasteiger partial charge in [-0.1, -0.05) is 137 Å². The van der Waals surface area contributed by atoms with E-state index in [4.69, 9.17) is 14.7 Å². The fraction of sp³-hybridized carbons (Fsp3) is 0. The fourth-order valence-electron chi connectivity index (χ4n) is 6.98. The van der Waals surface area contributed by atoms with Gasteiger partial charge < -0.3 is 13.5 Å². The second-order valence-electron chi connectivity index (χ2n) is 11.7. The maximum Gasteiger partial charge on any atom is 2.00 e. The Kier molecular flexibility index (Phi) is 6.63. The summed E-state index contributed by atoms with van der Waals surface area (Å²) in [5.74, 6) is 1.20. The molecule has 10 rings (SSSR count). The van der Waals surface area contributed by atoms with Crippen molar-refractivity contribution in [2.75, 3.05) is 0 Å². The molecule has 0 aliphatic carbocycles. The molecular weight excluding hydrogens is 772 g/mol. The largest absolute Gasteiger partial charge is 2.00 e. The Labute approximate surface area is 290 Å². The van der Waals surface area contributed by atoms with Crippen LogP contribution in [0.1, 0.15) is 0 Å². The van der Waals surface area contributed by atoms with Crippen molar-refractivity contribution in [3.8, 4) is 33.8 Å². The molecule has 4 aromatic heterocycles. The summed E-state index contributed by atoms with van der Waals surface area (Å²) in [6, 6.07) is 49.2. The van der Waals surface area contributed by atoms with E-state index in [0.717, 1.165) is 60.2 Å². The van der Waals surface area contributed by atoms with Gasteiger partial charge in [-0.05, 0) is 33.5 Å². The zero-order valence-electron chi connectivity index (χ0n) is 25.4. The predicted octanol–water partition coefficient (Wildman–Crippen LogP) is 10.3. The van der Waals surface area contributed by atoms with E-state index in [1.54, 1.807) is 0 Å². The number of aromatic nitrogens is 4. The molecule has 0 saturated heterocycles. The van der Waals surface area contributed by atoms with Gasteiger partial charge in [0, 0.05) is 52.9 Å². The molecule has 0 fully saturated rings. The number of pyridine rings is 2. The van der Waals surface area contributed by atoms with Crippen LogP contribution in [0.3, 0.4) is 0 Å². The van der Waals surface area contributed by atoms with E-state index in [0.29, 0.717) is 11.5 Å². The Morgan fingerprint density at radius 3 is 1.81 bits per heavy atom. The Bertz CT molecular complexity index is 2820. The molecule has 0 bridgehead atoms. The number of hydrogen-bond donors (Lipinski definition) is 0. The Balaban J connectivity index is 0.00000314. The van der Waals surface area contributed by atoms with E-state index in [2.05, 4.69) is 118 Å². The number of ether oxygens (including phenoxy) is 1. The zero-order valence-corrected chi connectivity index (χ0v) is 27.6. The minimum atomic E-state index is 0. The van der Waals surface area contributed by atoms with Crippen LogP contribution in [-0.4, -0.2) is 18.8 Å². The van der Waals surface area contributed by atoms with Gasteiger partial charge in [0.15, 0.2) is 0 Å². The number of imidazole rings is 2. The third kappa shape index (κ3) is 4.35. The van der Waals surface area contributed by atoms with Crippen molar-refractivity contribution in [1.82, 2.24) is 18.8 Å². The minimum Gasteiger partial charge on any atom is -0.497 e. The molecule has 0 spiro atoms. The van der Waals surface area contributed by atoms with E-state index in [9.17, 15) is 0 Å². The van der Waals surface area contributed by atoms with Gasteiger partial charge in [0.25, 0.3) is 0 Å². The van der Waals surface area contributed by atoms with E-state index >= 15 is 0 Å². The molecule has 0 unspecified atom stereocenters. The monoisotopic (exact) mass is 795 g/mol. The molecule has 6 heteroatoms. The maximum atomic E-state index is 6.45. The quantitative estimate of drug-likeness (QED) is 0.132. The van der Waals surface area contributed by atoms with Crippen molar-refractivity contribution in [2.45, 2.75) is 0 Å². The average Bonchev–Trinajstić information content (AvgIpc) is 3.84. The van der Waals surface area contributed by atoms with Gasteiger partial charge in [0.2, 0.25) is 0 Å². The van der Waals surface area contributed by atoms with Gasteiger partial charge in [0.1, 0.15) is 0 Å². The van der Waals surface area contributed by atoms with Crippen LogP contribution in [-0.2, 0) is 21.1 Å². The average molecular weight is 796 g/mol. The molecule has 48 heavy (non-hydrogen) atoms. The molecule has 6 aromatic carbocycles. The summed E-state index contributed by atoms with van der Waals surface area (Å²) in [7, 11) is 0. The first kappa shape index (κ1) is 28.5. The molecule has 10 aromatic rings. The Hall–Kier alpha value is -5.77. The van der Waals surface area contributed by atoms with Crippen molar-refractivity contribution >= 4 is 54.6 Å². The number of nitrogens with zero attached hydrogens (tertiary/aromatic N) is 4. The summed E-state index contributed by atoms with van der Waals surface area (Å²) in [6.07, 6.45) is 7.71. The summed E-state index contributed by atoms with van der Waals surface area (Å²) in [5.41, 5.74) is 8.57. The molecule has 0 amide bonds. The van der Waals surface area contributed by atoms with Crippen LogP contribution in [0.2, 0.25) is 0 Å². The molecule has 5 nitrogen and oxygen atoms in total. The van der Waals surface area contributed by atoms with Crippen molar-refractivity contribution in [2.24, 2.45) is 0 Å². The normalized spacial score (nSPS) is 11.6. The first-order valence-corrected chi connectivity index (χ1v) is 15.6. The smallest absolute Gasteiger partial charge is 0.497 e. The number of rotatable bonds is 4. The zero-order chi connectivity index (χ0) is 30.9. The van der Waals surface area contributed by atoms with Gasteiger partial charge in [-0.2, -0.15) is 0 Å². The van der Waals surface area contributed by atoms with E-state index < -0.39 is 0 Å². The van der Waals surface area contributed by atoms with Crippen molar-refractivity contribution < 1.29 is 25.8 Å². The summed E-state index contributed by atoms with van der Waals surface area (Å²) < 4.78 is 10.7. The van der Waals surface area contributed by atoms with E-state index in [1.165, 1.54) is 16.7 Å². The third-order valence-electron chi connectivity index (χ3n) is 9.09. The Morgan fingerprint density at radius 1 is 0.500 bits per heavy atom. The molecule has 0 radical (unpaired) electrons. The predicted molar refractivity (Wildman–Crippen MR) is 189 cm³/mol. The van der Waals surface area contributed by atoms with Crippen molar-refractivity contribution in [3.63, 3.8) is 0 Å². The number of para-hydroxylation sites is 1. The molecule has 0 N–H and O–H groups in total. The topological polar surface area (TPSA) is 43.8 Å². The first-order valence-electron chi connectivity index (χ1n) is 15.6. The van der Waals surface area contributed by atoms with Gasteiger partial charge in [0.05, 0.1) is 11.3 Å². The molecule has 0 atom stereocenters. The molecule has 0 aliphatic heterocycles. The summed E-state index contributed by atoms with van der Waals surface area (Å²) in [4.78, 5) is 9.49. The maximum absolute atomic E-state index is 6.45. The molecule has 0 aliphatic rings. The molecule has 228 valence electrons. The van der Waals surface area contributed by atoms with Crippen LogP contribution in [0.5, 0.6) is 11.5 Å². The van der Waals surface area contributed by atoms with Gasteiger partial charge in [-0.25, -0.2) is 0 Å². The van der Waals surface area contributed by atoms with Gasteiger partial charge in [-0.3, -0.25) is 9.97 Å².